The predicted octanol–water partition coefficient (Wildman–Crippen LogP) is 2.50. The fourth-order valence-electron chi connectivity index (χ4n) is 1.93. The molecule has 0 aliphatic heterocycles. The van der Waals surface area contributed by atoms with E-state index >= 15 is 0 Å². The monoisotopic (exact) mass is 427 g/mol. The molecule has 1 amide bonds. The van der Waals surface area contributed by atoms with Crippen LogP contribution in [-0.2, 0) is 14.8 Å². The maximum atomic E-state index is 13.9. The summed E-state index contributed by atoms with van der Waals surface area (Å²) in [6.07, 6.45) is 2.32. The van der Waals surface area contributed by atoms with Crippen molar-refractivity contribution in [1.29, 1.82) is 0 Å². The lowest BCUT2D eigenvalue weighted by Gasteiger charge is -2.21. The van der Waals surface area contributed by atoms with Gasteiger partial charge in [0.2, 0.25) is 10.0 Å². The van der Waals surface area contributed by atoms with Gasteiger partial charge in [0.15, 0.2) is 0 Å². The molecule has 0 aliphatic rings. The van der Waals surface area contributed by atoms with Crippen LogP contribution in [0.5, 0.6) is 0 Å². The summed E-state index contributed by atoms with van der Waals surface area (Å²) < 4.78 is 39.2. The molecule has 0 atom stereocenters. The molecule has 0 saturated heterocycles. The van der Waals surface area contributed by atoms with Crippen LogP contribution in [0.15, 0.2) is 58.1 Å². The van der Waals surface area contributed by atoms with E-state index in [1.54, 1.807) is 12.1 Å². The van der Waals surface area contributed by atoms with Crippen LogP contribution in [-0.4, -0.2) is 33.3 Å². The minimum Gasteiger partial charge on any atom is -0.271 e. The van der Waals surface area contributed by atoms with Crippen LogP contribution in [0.4, 0.5) is 10.1 Å². The standard InChI is InChI=1S/C16H15BrFN3O3S/c1-25(23,24)21(15-5-3-2-4-14(15)18)11-16(22)20-19-10-12-6-8-13(17)9-7-12/h2-10H,11H2,1H3,(H,20,22)/b19-10-. The first-order chi connectivity index (χ1) is 11.8. The van der Waals surface area contributed by atoms with Gasteiger partial charge in [0.05, 0.1) is 18.2 Å². The molecule has 0 aliphatic carbocycles. The minimum absolute atomic E-state index is 0.197. The van der Waals surface area contributed by atoms with Gasteiger partial charge in [-0.1, -0.05) is 40.2 Å². The summed E-state index contributed by atoms with van der Waals surface area (Å²) >= 11 is 3.30. The molecular formula is C16H15BrFN3O3S. The van der Waals surface area contributed by atoms with Crippen LogP contribution in [0.1, 0.15) is 5.56 Å². The minimum atomic E-state index is -3.84. The number of halogens is 2. The fourth-order valence-corrected chi connectivity index (χ4v) is 3.05. The molecule has 0 bridgehead atoms. The van der Waals surface area contributed by atoms with Gasteiger partial charge in [0.1, 0.15) is 12.4 Å². The van der Waals surface area contributed by atoms with E-state index in [0.29, 0.717) is 4.31 Å². The average molecular weight is 428 g/mol. The number of carbonyl (C=O) groups is 1. The van der Waals surface area contributed by atoms with Crippen LogP contribution < -0.4 is 9.73 Å². The molecule has 0 heterocycles. The summed E-state index contributed by atoms with van der Waals surface area (Å²) in [5.41, 5.74) is 2.78. The molecule has 2 aromatic rings. The average Bonchev–Trinajstić information content (AvgIpc) is 2.54. The summed E-state index contributed by atoms with van der Waals surface area (Å²) in [7, 11) is -3.84. The Morgan fingerprint density at radius 1 is 1.24 bits per heavy atom. The Hall–Kier alpha value is -2.26. The smallest absolute Gasteiger partial charge is 0.260 e. The van der Waals surface area contributed by atoms with Crippen LogP contribution >= 0.6 is 15.9 Å². The molecule has 2 rings (SSSR count). The highest BCUT2D eigenvalue weighted by atomic mass is 79.9. The molecule has 25 heavy (non-hydrogen) atoms. The van der Waals surface area contributed by atoms with Gasteiger partial charge in [0, 0.05) is 4.47 Å². The summed E-state index contributed by atoms with van der Waals surface area (Å²) in [6.45, 7) is -0.586. The van der Waals surface area contributed by atoms with Gasteiger partial charge >= 0.3 is 0 Å². The molecule has 2 aromatic carbocycles. The number of rotatable bonds is 6. The Labute approximate surface area is 153 Å². The largest absolute Gasteiger partial charge is 0.271 e. The first kappa shape index (κ1) is 19.1. The number of sulfonamides is 1. The van der Waals surface area contributed by atoms with Gasteiger partial charge in [-0.25, -0.2) is 18.2 Å². The lowest BCUT2D eigenvalue weighted by molar-refractivity contribution is -0.119. The molecular weight excluding hydrogens is 413 g/mol. The zero-order chi connectivity index (χ0) is 18.4. The molecule has 0 spiro atoms. The Morgan fingerprint density at radius 2 is 1.88 bits per heavy atom. The number of nitrogens with zero attached hydrogens (tertiary/aromatic N) is 2. The third-order valence-electron chi connectivity index (χ3n) is 3.08. The lowest BCUT2D eigenvalue weighted by Crippen LogP contribution is -2.39. The maximum absolute atomic E-state index is 13.9. The Morgan fingerprint density at radius 3 is 2.48 bits per heavy atom. The second-order valence-corrected chi connectivity index (χ2v) is 7.89. The highest BCUT2D eigenvalue weighted by Crippen LogP contribution is 2.20. The molecule has 6 nitrogen and oxygen atoms in total. The van der Waals surface area contributed by atoms with Crippen molar-refractivity contribution in [3.05, 3.63) is 64.4 Å². The van der Waals surface area contributed by atoms with Crippen LogP contribution in [0.3, 0.4) is 0 Å². The summed E-state index contributed by atoms with van der Waals surface area (Å²) in [5, 5.41) is 3.77. The van der Waals surface area contributed by atoms with Crippen LogP contribution in [0, 0.1) is 5.82 Å². The van der Waals surface area contributed by atoms with Crippen LogP contribution in [0.25, 0.3) is 0 Å². The number of hydrogen-bond donors (Lipinski definition) is 1. The van der Waals surface area contributed by atoms with Gasteiger partial charge in [0.25, 0.3) is 5.91 Å². The van der Waals surface area contributed by atoms with E-state index in [1.807, 2.05) is 12.1 Å². The van der Waals surface area contributed by atoms with E-state index in [1.165, 1.54) is 24.4 Å². The van der Waals surface area contributed by atoms with Crippen molar-refractivity contribution in [3.63, 3.8) is 0 Å². The zero-order valence-corrected chi connectivity index (χ0v) is 15.6. The van der Waals surface area contributed by atoms with Crippen molar-refractivity contribution in [1.82, 2.24) is 5.43 Å². The molecule has 0 fully saturated rings. The second kappa shape index (κ2) is 8.21. The van der Waals surface area contributed by atoms with Crippen molar-refractivity contribution in [2.45, 2.75) is 0 Å². The molecule has 9 heteroatoms. The Kier molecular flexibility index (Phi) is 6.27. The zero-order valence-electron chi connectivity index (χ0n) is 13.2. The first-order valence-corrected chi connectivity index (χ1v) is 9.71. The molecule has 0 saturated carbocycles. The number of carbonyl (C=O) groups excluding carboxylic acids is 1. The van der Waals surface area contributed by atoms with E-state index < -0.39 is 28.3 Å². The lowest BCUT2D eigenvalue weighted by atomic mass is 10.2. The number of benzene rings is 2. The molecule has 132 valence electrons. The van der Waals surface area contributed by atoms with Crippen molar-refractivity contribution in [2.75, 3.05) is 17.1 Å². The van der Waals surface area contributed by atoms with Crippen molar-refractivity contribution < 1.29 is 17.6 Å². The Balaban J connectivity index is 2.08. The summed E-state index contributed by atoms with van der Waals surface area (Å²) in [4.78, 5) is 12.0. The molecule has 0 aromatic heterocycles. The number of hydrazone groups is 1. The number of hydrogen-bond acceptors (Lipinski definition) is 4. The van der Waals surface area contributed by atoms with Gasteiger partial charge in [-0.15, -0.1) is 0 Å². The topological polar surface area (TPSA) is 78.8 Å². The number of nitrogens with one attached hydrogen (secondary N) is 1. The van der Waals surface area contributed by atoms with Crippen molar-refractivity contribution in [2.24, 2.45) is 5.10 Å². The highest BCUT2D eigenvalue weighted by molar-refractivity contribution is 9.10. The predicted molar refractivity (Wildman–Crippen MR) is 98.5 cm³/mol. The number of amides is 1. The summed E-state index contributed by atoms with van der Waals surface area (Å²) in [5.74, 6) is -1.43. The fraction of sp³-hybridized carbons (Fsp3) is 0.125. The molecule has 1 N–H and O–H groups in total. The highest BCUT2D eigenvalue weighted by Gasteiger charge is 2.23. The normalized spacial score (nSPS) is 11.5. The van der Waals surface area contributed by atoms with Gasteiger partial charge in [-0.3, -0.25) is 9.10 Å². The number of para-hydroxylation sites is 1. The van der Waals surface area contributed by atoms with E-state index in [4.69, 9.17) is 0 Å². The van der Waals surface area contributed by atoms with Crippen molar-refractivity contribution >= 4 is 43.8 Å². The van der Waals surface area contributed by atoms with Gasteiger partial charge < -0.3 is 0 Å². The second-order valence-electron chi connectivity index (χ2n) is 5.07. The SMILES string of the molecule is CS(=O)(=O)N(CC(=O)N/N=C\c1ccc(Br)cc1)c1ccccc1F. The summed E-state index contributed by atoms with van der Waals surface area (Å²) in [6, 6.07) is 12.5. The van der Waals surface area contributed by atoms with E-state index in [0.717, 1.165) is 22.4 Å². The van der Waals surface area contributed by atoms with E-state index in [2.05, 4.69) is 26.5 Å². The molecule has 0 radical (unpaired) electrons. The van der Waals surface area contributed by atoms with Gasteiger partial charge in [-0.05, 0) is 29.8 Å². The third kappa shape index (κ3) is 5.64. The van der Waals surface area contributed by atoms with Gasteiger partial charge in [-0.2, -0.15) is 5.10 Å². The Bertz CT molecular complexity index is 886. The van der Waals surface area contributed by atoms with Crippen molar-refractivity contribution in [3.8, 4) is 0 Å². The van der Waals surface area contributed by atoms with E-state index in [9.17, 15) is 17.6 Å². The maximum Gasteiger partial charge on any atom is 0.260 e. The quantitative estimate of drug-likeness (QED) is 0.568. The first-order valence-electron chi connectivity index (χ1n) is 7.07. The molecule has 0 unspecified atom stereocenters. The third-order valence-corrected chi connectivity index (χ3v) is 4.74. The van der Waals surface area contributed by atoms with Crippen LogP contribution in [0.2, 0.25) is 0 Å². The number of anilines is 1. The van der Waals surface area contributed by atoms with E-state index in [-0.39, 0.29) is 5.69 Å².